The van der Waals surface area contributed by atoms with Gasteiger partial charge in [0.15, 0.2) is 0 Å². The predicted molar refractivity (Wildman–Crippen MR) is 373 cm³/mol. The van der Waals surface area contributed by atoms with Crippen LogP contribution in [0.25, 0.3) is 33.1 Å². The largest absolute Gasteiger partial charge is 0.352 e. The van der Waals surface area contributed by atoms with Crippen molar-refractivity contribution in [3.05, 3.63) is 141 Å². The van der Waals surface area contributed by atoms with Crippen LogP contribution in [0, 0.1) is 5.92 Å². The summed E-state index contributed by atoms with van der Waals surface area (Å²) in [5.41, 5.74) is 9.34. The van der Waals surface area contributed by atoms with Crippen molar-refractivity contribution in [2.24, 2.45) is 20.0 Å². The fraction of sp³-hybridized carbons (Fsp3) is 0.426. The van der Waals surface area contributed by atoms with Crippen molar-refractivity contribution in [2.75, 3.05) is 89.6 Å². The van der Waals surface area contributed by atoms with Crippen LogP contribution in [0.5, 0.6) is 0 Å². The van der Waals surface area contributed by atoms with Crippen LogP contribution in [0.3, 0.4) is 0 Å². The molecule has 24 heteroatoms. The number of hydrogen-bond acceptors (Lipinski definition) is 12. The van der Waals surface area contributed by atoms with Crippen molar-refractivity contribution in [1.82, 2.24) is 58.7 Å². The highest BCUT2D eigenvalue weighted by molar-refractivity contribution is 6.33. The summed E-state index contributed by atoms with van der Waals surface area (Å²) < 4.78 is 3.87. The minimum atomic E-state index is -0.163. The van der Waals surface area contributed by atoms with Gasteiger partial charge in [0.25, 0.3) is 0 Å². The van der Waals surface area contributed by atoms with Crippen LogP contribution in [0.1, 0.15) is 92.9 Å². The summed E-state index contributed by atoms with van der Waals surface area (Å²) in [5.74, 6) is 4.45. The van der Waals surface area contributed by atoms with Gasteiger partial charge in [-0.05, 0) is 133 Å². The maximum absolute atomic E-state index is 13.0. The topological polar surface area (TPSA) is 210 Å². The van der Waals surface area contributed by atoms with Gasteiger partial charge in [0.05, 0.1) is 48.2 Å². The zero-order valence-electron chi connectivity index (χ0n) is 54.9. The van der Waals surface area contributed by atoms with E-state index < -0.39 is 0 Å². The molecule has 3 aromatic carbocycles. The van der Waals surface area contributed by atoms with Crippen LogP contribution in [0.15, 0.2) is 110 Å². The standard InChI is InChI=1S/2C23H29ClN6O.C22H27ClN6O/c1-15-14-29(20-17(24)7-6-10-25-20)11-12-30(15)22(31)27-21-26-18-9-8-16(23(2,3)4)13-19(18)28(21)5;1-15(2)12-17-7-8-20-19(13-17)26-22(28(20)4)27-23(31)30-11-10-29(14-16(30)3)21-18(24)6-5-9-25-21;1-14-13-28(19-16(23)6-5-9-24-19)10-11-29(14)21(30)27-20-25-17-8-7-15(22(2,3)4)12-18(17)26-20/h6-10,13,15H,11-12,14H2,1-5H3,(H,26,27,31);5-9,13,15-16H,10-12,14H2,1-4H3,(H,26,27,31);5-9,12,14H,10-11,13H2,1-4H3,(H2,25,26,27,30)/t15-;16-;14-/m110/s1. The third-order valence-corrected chi connectivity index (χ3v) is 18.0. The number of amides is 6. The molecule has 3 saturated heterocycles. The number of H-pyrrole nitrogens is 1. The number of fused-ring (bicyclic) bond motifs is 3. The van der Waals surface area contributed by atoms with Crippen molar-refractivity contribution in [3.8, 4) is 0 Å². The average Bonchev–Trinajstić information content (AvgIpc) is 2.14. The number of carbonyl (C=O) groups is 3. The first-order valence-corrected chi connectivity index (χ1v) is 32.6. The number of aryl methyl sites for hydroxylation is 2. The smallest absolute Gasteiger partial charge is 0.324 e. The minimum absolute atomic E-state index is 0.00805. The molecular formula is C68H85Cl3N18O3. The van der Waals surface area contributed by atoms with Crippen LogP contribution in [-0.2, 0) is 31.3 Å². The number of nitrogens with one attached hydrogen (secondary N) is 4. The first-order valence-electron chi connectivity index (χ1n) is 31.4. The van der Waals surface area contributed by atoms with Crippen molar-refractivity contribution in [3.63, 3.8) is 0 Å². The number of pyridine rings is 3. The minimum Gasteiger partial charge on any atom is -0.352 e. The number of urea groups is 3. The van der Waals surface area contributed by atoms with Gasteiger partial charge in [0.1, 0.15) is 17.5 Å². The molecule has 92 heavy (non-hydrogen) atoms. The number of nitrogens with zero attached hydrogens (tertiary/aromatic N) is 14. The third-order valence-electron chi connectivity index (χ3n) is 17.1. The zero-order chi connectivity index (χ0) is 65.9. The van der Waals surface area contributed by atoms with E-state index in [2.05, 4.69) is 163 Å². The number of halogens is 3. The number of anilines is 6. The van der Waals surface area contributed by atoms with Crippen molar-refractivity contribution >= 4 is 121 Å². The van der Waals surface area contributed by atoms with Crippen molar-refractivity contribution < 1.29 is 14.4 Å². The first-order chi connectivity index (χ1) is 43.7. The van der Waals surface area contributed by atoms with Gasteiger partial charge in [-0.15, -0.1) is 0 Å². The van der Waals surface area contributed by atoms with Gasteiger partial charge < -0.3 is 43.5 Å². The lowest BCUT2D eigenvalue weighted by Gasteiger charge is -2.40. The highest BCUT2D eigenvalue weighted by atomic mass is 35.5. The van der Waals surface area contributed by atoms with Gasteiger partial charge in [-0.1, -0.05) is 108 Å². The molecule has 0 bridgehead atoms. The highest BCUT2D eigenvalue weighted by Gasteiger charge is 2.33. The maximum atomic E-state index is 13.0. The van der Waals surface area contributed by atoms with E-state index in [-0.39, 0.29) is 47.0 Å². The Bertz CT molecular complexity index is 4110. The lowest BCUT2D eigenvalue weighted by molar-refractivity contribution is 0.183. The molecule has 0 spiro atoms. The summed E-state index contributed by atoms with van der Waals surface area (Å²) in [4.78, 5) is 81.1. The van der Waals surface area contributed by atoms with Crippen LogP contribution < -0.4 is 30.7 Å². The predicted octanol–water partition coefficient (Wildman–Crippen LogP) is 13.9. The summed E-state index contributed by atoms with van der Waals surface area (Å²) in [6, 6.07) is 29.3. The number of aromatic amines is 1. The molecule has 486 valence electrons. The molecule has 9 aromatic rings. The van der Waals surface area contributed by atoms with E-state index in [0.717, 1.165) is 57.0 Å². The number of aromatic nitrogens is 9. The Morgan fingerprint density at radius 3 is 1.38 bits per heavy atom. The molecule has 6 amide bonds. The Kier molecular flexibility index (Phi) is 20.1. The van der Waals surface area contributed by atoms with Gasteiger partial charge in [0, 0.05) is 110 Å². The number of piperazine rings is 3. The third kappa shape index (κ3) is 15.2. The van der Waals surface area contributed by atoms with Crippen molar-refractivity contribution in [1.29, 1.82) is 0 Å². The molecule has 6 aromatic heterocycles. The molecule has 0 radical (unpaired) electrons. The number of benzene rings is 3. The van der Waals surface area contributed by atoms with E-state index in [0.29, 0.717) is 97.7 Å². The molecule has 0 aliphatic carbocycles. The molecule has 3 atom stereocenters. The maximum Gasteiger partial charge on any atom is 0.324 e. The molecule has 3 aliphatic heterocycles. The van der Waals surface area contributed by atoms with Gasteiger partial charge in [-0.3, -0.25) is 16.0 Å². The lowest BCUT2D eigenvalue weighted by Crippen LogP contribution is -2.55. The van der Waals surface area contributed by atoms with Crippen LogP contribution in [0.2, 0.25) is 15.1 Å². The molecule has 9 heterocycles. The molecule has 12 rings (SSSR count). The molecule has 4 N–H and O–H groups in total. The molecule has 0 unspecified atom stereocenters. The lowest BCUT2D eigenvalue weighted by atomic mass is 9.87. The normalized spacial score (nSPS) is 17.2. The number of carbonyl (C=O) groups excluding carboxylic acids is 3. The molecular weight excluding hydrogens is 1220 g/mol. The quantitative estimate of drug-likeness (QED) is 0.112. The monoisotopic (exact) mass is 1310 g/mol. The summed E-state index contributed by atoms with van der Waals surface area (Å²) in [7, 11) is 3.86. The Morgan fingerprint density at radius 2 is 0.946 bits per heavy atom. The molecule has 3 fully saturated rings. The Labute approximate surface area is 553 Å². The van der Waals surface area contributed by atoms with E-state index >= 15 is 0 Å². The second-order valence-corrected chi connectivity index (χ2v) is 27.8. The van der Waals surface area contributed by atoms with E-state index in [1.807, 2.05) is 107 Å². The molecule has 0 saturated carbocycles. The van der Waals surface area contributed by atoms with Gasteiger partial charge >= 0.3 is 18.1 Å². The summed E-state index contributed by atoms with van der Waals surface area (Å²) >= 11 is 18.9. The second-order valence-electron chi connectivity index (χ2n) is 26.6. The fourth-order valence-electron chi connectivity index (χ4n) is 12.0. The van der Waals surface area contributed by atoms with E-state index in [1.54, 1.807) is 18.6 Å². The first kappa shape index (κ1) is 66.5. The number of hydrogen-bond donors (Lipinski definition) is 4. The van der Waals surface area contributed by atoms with E-state index in [1.165, 1.54) is 16.7 Å². The zero-order valence-corrected chi connectivity index (χ0v) is 57.2. The Balaban J connectivity index is 0.000000151. The summed E-state index contributed by atoms with van der Waals surface area (Å²) in [6.45, 7) is 29.4. The SMILES string of the molecule is CC(C)Cc1ccc2c(c1)nc(NC(=O)N1CCN(c3ncccc3Cl)C[C@H]1C)n2C.C[C@@H]1CN(c2ncccc2Cl)CCN1C(=O)Nc1nc2ccc(C(C)(C)C)cc2n1C.C[C@H]1CN(c2ncccc2Cl)CCN1C(=O)Nc1nc2ccc(C(C)(C)C)cc2[nH]1. The summed E-state index contributed by atoms with van der Waals surface area (Å²) in [6.07, 6.45) is 6.22. The highest BCUT2D eigenvalue weighted by Crippen LogP contribution is 2.32. The van der Waals surface area contributed by atoms with Gasteiger partial charge in [-0.2, -0.15) is 0 Å². The van der Waals surface area contributed by atoms with Crippen LogP contribution >= 0.6 is 34.8 Å². The number of imidazole rings is 3. The van der Waals surface area contributed by atoms with Crippen molar-refractivity contribution in [2.45, 2.75) is 112 Å². The van der Waals surface area contributed by atoms with Crippen LogP contribution in [0.4, 0.5) is 49.7 Å². The van der Waals surface area contributed by atoms with E-state index in [9.17, 15) is 14.4 Å². The van der Waals surface area contributed by atoms with Gasteiger partial charge in [0.2, 0.25) is 17.8 Å². The Morgan fingerprint density at radius 1 is 0.522 bits per heavy atom. The molecule has 21 nitrogen and oxygen atoms in total. The number of rotatable bonds is 8. The Hall–Kier alpha value is -8.40. The second kappa shape index (κ2) is 27.8. The average molecular weight is 1310 g/mol. The van der Waals surface area contributed by atoms with Crippen LogP contribution in [-0.4, -0.2) is 154 Å². The fourth-order valence-corrected chi connectivity index (χ4v) is 12.7. The molecule has 3 aliphatic rings. The summed E-state index contributed by atoms with van der Waals surface area (Å²) in [5, 5.41) is 10.8. The van der Waals surface area contributed by atoms with E-state index in [4.69, 9.17) is 34.8 Å². The van der Waals surface area contributed by atoms with Gasteiger partial charge in [-0.25, -0.2) is 44.3 Å².